The Morgan fingerprint density at radius 1 is 1.21 bits per heavy atom. The third kappa shape index (κ3) is 5.54. The van der Waals surface area contributed by atoms with Gasteiger partial charge in [-0.15, -0.1) is 0 Å². The summed E-state index contributed by atoms with van der Waals surface area (Å²) in [5, 5.41) is 0. The van der Waals surface area contributed by atoms with Gasteiger partial charge in [-0.05, 0) is 37.6 Å². The van der Waals surface area contributed by atoms with Gasteiger partial charge in [0.15, 0.2) is 5.69 Å². The molecule has 0 fully saturated rings. The lowest BCUT2D eigenvalue weighted by atomic mass is 10.3. The second kappa shape index (κ2) is 10.2. The van der Waals surface area contributed by atoms with Gasteiger partial charge >= 0.3 is 5.97 Å². The highest BCUT2D eigenvalue weighted by molar-refractivity contribution is 7.89. The molecule has 0 N–H and O–H groups in total. The molecule has 0 bridgehead atoms. The molecule has 1 heterocycles. The quantitative estimate of drug-likeness (QED) is 0.408. The molecule has 2 aromatic rings. The Bertz CT molecular complexity index is 862. The molecule has 2 rings (SSSR count). The molecule has 0 atom stereocenters. The highest BCUT2D eigenvalue weighted by Crippen LogP contribution is 2.21. The number of esters is 1. The van der Waals surface area contributed by atoms with Crippen LogP contribution in [-0.4, -0.2) is 57.7 Å². The van der Waals surface area contributed by atoms with E-state index in [-0.39, 0.29) is 29.6 Å². The van der Waals surface area contributed by atoms with Crippen molar-refractivity contribution in [3.05, 3.63) is 42.1 Å². The van der Waals surface area contributed by atoms with E-state index in [4.69, 9.17) is 13.9 Å². The smallest absolute Gasteiger partial charge is 0.360 e. The van der Waals surface area contributed by atoms with E-state index in [9.17, 15) is 13.2 Å². The molecule has 0 spiro atoms. The maximum Gasteiger partial charge on any atom is 0.360 e. The third-order valence-corrected chi connectivity index (χ3v) is 5.71. The standard InChI is InChI=1S/C18H24N2O7S/c1-4-26-11-5-10-20(12-17-19-16(13-27-17)18(21)25-3)28(22,23)15-8-6-14(24-2)7-9-15/h6-9,13H,4-5,10-12H2,1-3H3. The zero-order chi connectivity index (χ0) is 20.6. The van der Waals surface area contributed by atoms with Crippen molar-refractivity contribution in [1.29, 1.82) is 0 Å². The van der Waals surface area contributed by atoms with E-state index < -0.39 is 16.0 Å². The lowest BCUT2D eigenvalue weighted by Crippen LogP contribution is -2.32. The first-order valence-electron chi connectivity index (χ1n) is 8.67. The number of nitrogens with zero attached hydrogens (tertiary/aromatic N) is 2. The number of aromatic nitrogens is 1. The summed E-state index contributed by atoms with van der Waals surface area (Å²) in [5.74, 6) is -0.0120. The minimum Gasteiger partial charge on any atom is -0.497 e. The summed E-state index contributed by atoms with van der Waals surface area (Å²) in [5.41, 5.74) is -0.0198. The first-order valence-corrected chi connectivity index (χ1v) is 10.1. The Morgan fingerprint density at radius 2 is 1.93 bits per heavy atom. The molecular formula is C18H24N2O7S. The van der Waals surface area contributed by atoms with Gasteiger partial charge in [-0.25, -0.2) is 18.2 Å². The molecule has 10 heteroatoms. The molecular weight excluding hydrogens is 388 g/mol. The summed E-state index contributed by atoms with van der Waals surface area (Å²) in [7, 11) is -1.09. The van der Waals surface area contributed by atoms with Crippen LogP contribution in [0.15, 0.2) is 39.8 Å². The largest absolute Gasteiger partial charge is 0.497 e. The van der Waals surface area contributed by atoms with Crippen LogP contribution in [0.4, 0.5) is 0 Å². The number of methoxy groups -OCH3 is 2. The summed E-state index contributed by atoms with van der Waals surface area (Å²) in [4.78, 5) is 15.6. The Hall–Kier alpha value is -2.43. The summed E-state index contributed by atoms with van der Waals surface area (Å²) in [6.45, 7) is 2.91. The number of sulfonamides is 1. The van der Waals surface area contributed by atoms with Crippen molar-refractivity contribution in [3.8, 4) is 5.75 Å². The predicted molar refractivity (Wildman–Crippen MR) is 99.5 cm³/mol. The fourth-order valence-corrected chi connectivity index (χ4v) is 3.83. The van der Waals surface area contributed by atoms with Crippen molar-refractivity contribution in [1.82, 2.24) is 9.29 Å². The number of ether oxygens (including phenoxy) is 3. The average Bonchev–Trinajstić information content (AvgIpc) is 3.18. The van der Waals surface area contributed by atoms with Gasteiger partial charge in [-0.3, -0.25) is 0 Å². The number of carbonyl (C=O) groups excluding carboxylic acids is 1. The highest BCUT2D eigenvalue weighted by Gasteiger charge is 2.26. The van der Waals surface area contributed by atoms with E-state index in [1.54, 1.807) is 12.1 Å². The zero-order valence-corrected chi connectivity index (χ0v) is 16.9. The van der Waals surface area contributed by atoms with Crippen molar-refractivity contribution in [3.63, 3.8) is 0 Å². The van der Waals surface area contributed by atoms with Crippen molar-refractivity contribution < 1.29 is 31.8 Å². The molecule has 0 unspecified atom stereocenters. The monoisotopic (exact) mass is 412 g/mol. The van der Waals surface area contributed by atoms with Crippen LogP contribution in [0, 0.1) is 0 Å². The van der Waals surface area contributed by atoms with Crippen molar-refractivity contribution >= 4 is 16.0 Å². The van der Waals surface area contributed by atoms with Crippen LogP contribution in [0.3, 0.4) is 0 Å². The number of rotatable bonds is 11. The predicted octanol–water partition coefficient (Wildman–Crippen LogP) is 2.09. The number of hydrogen-bond acceptors (Lipinski definition) is 8. The second-order valence-corrected chi connectivity index (χ2v) is 7.62. The molecule has 0 aliphatic heterocycles. The van der Waals surface area contributed by atoms with Crippen LogP contribution < -0.4 is 4.74 Å². The maximum absolute atomic E-state index is 13.1. The Balaban J connectivity index is 2.23. The summed E-state index contributed by atoms with van der Waals surface area (Å²) in [6.07, 6.45) is 1.63. The lowest BCUT2D eigenvalue weighted by Gasteiger charge is -2.21. The van der Waals surface area contributed by atoms with Crippen LogP contribution in [0.1, 0.15) is 29.7 Å². The van der Waals surface area contributed by atoms with Gasteiger partial charge < -0.3 is 18.6 Å². The van der Waals surface area contributed by atoms with E-state index in [2.05, 4.69) is 9.72 Å². The molecule has 0 aliphatic carbocycles. The number of carbonyl (C=O) groups is 1. The van der Waals surface area contributed by atoms with Crippen molar-refractivity contribution in [2.45, 2.75) is 24.8 Å². The summed E-state index contributed by atoms with van der Waals surface area (Å²) < 4.78 is 47.6. The highest BCUT2D eigenvalue weighted by atomic mass is 32.2. The molecule has 1 aromatic heterocycles. The Morgan fingerprint density at radius 3 is 2.54 bits per heavy atom. The SMILES string of the molecule is CCOCCCN(Cc1nc(C(=O)OC)co1)S(=O)(=O)c1ccc(OC)cc1. The number of oxazole rings is 1. The summed E-state index contributed by atoms with van der Waals surface area (Å²) in [6, 6.07) is 6.09. The van der Waals surface area contributed by atoms with Gasteiger partial charge in [0.2, 0.25) is 15.9 Å². The first-order chi connectivity index (χ1) is 13.4. The fraction of sp³-hybridized carbons (Fsp3) is 0.444. The van der Waals surface area contributed by atoms with Crippen molar-refractivity contribution in [2.75, 3.05) is 34.0 Å². The normalized spacial score (nSPS) is 11.6. The molecule has 0 saturated carbocycles. The van der Waals surface area contributed by atoms with Gasteiger partial charge in [0.05, 0.1) is 25.7 Å². The van der Waals surface area contributed by atoms with Crippen molar-refractivity contribution in [2.24, 2.45) is 0 Å². The van der Waals surface area contributed by atoms with E-state index >= 15 is 0 Å². The van der Waals surface area contributed by atoms with Crippen LogP contribution in [-0.2, 0) is 26.0 Å². The molecule has 0 saturated heterocycles. The molecule has 0 amide bonds. The first kappa shape index (κ1) is 21.9. The Kier molecular flexibility index (Phi) is 7.97. The molecule has 28 heavy (non-hydrogen) atoms. The summed E-state index contributed by atoms with van der Waals surface area (Å²) >= 11 is 0. The minimum atomic E-state index is -3.82. The van der Waals surface area contributed by atoms with Gasteiger partial charge in [0.25, 0.3) is 0 Å². The second-order valence-electron chi connectivity index (χ2n) is 5.68. The average molecular weight is 412 g/mol. The van der Waals surface area contributed by atoms with Crippen LogP contribution >= 0.6 is 0 Å². The topological polar surface area (TPSA) is 108 Å². The lowest BCUT2D eigenvalue weighted by molar-refractivity contribution is 0.0594. The van der Waals surface area contributed by atoms with Crippen LogP contribution in [0.5, 0.6) is 5.75 Å². The maximum atomic E-state index is 13.1. The fourth-order valence-electron chi connectivity index (χ4n) is 2.40. The van der Waals surface area contributed by atoms with E-state index in [0.29, 0.717) is 25.4 Å². The number of hydrogen-bond donors (Lipinski definition) is 0. The van der Waals surface area contributed by atoms with Crippen LogP contribution in [0.25, 0.3) is 0 Å². The van der Waals surface area contributed by atoms with Crippen LogP contribution in [0.2, 0.25) is 0 Å². The zero-order valence-electron chi connectivity index (χ0n) is 16.1. The van der Waals surface area contributed by atoms with E-state index in [1.807, 2.05) is 6.92 Å². The molecule has 9 nitrogen and oxygen atoms in total. The van der Waals surface area contributed by atoms with Gasteiger partial charge in [0.1, 0.15) is 12.0 Å². The Labute approximate surface area is 164 Å². The third-order valence-electron chi connectivity index (χ3n) is 3.86. The molecule has 1 aromatic carbocycles. The van der Waals surface area contributed by atoms with E-state index in [0.717, 1.165) is 6.26 Å². The molecule has 0 radical (unpaired) electrons. The van der Waals surface area contributed by atoms with Gasteiger partial charge in [-0.2, -0.15) is 4.31 Å². The van der Waals surface area contributed by atoms with Gasteiger partial charge in [-0.1, -0.05) is 0 Å². The molecule has 0 aliphatic rings. The number of benzene rings is 1. The molecule has 154 valence electrons. The minimum absolute atomic E-state index is 0.0198. The van der Waals surface area contributed by atoms with E-state index in [1.165, 1.54) is 30.7 Å². The van der Waals surface area contributed by atoms with Gasteiger partial charge in [0, 0.05) is 19.8 Å².